The van der Waals surface area contributed by atoms with Crippen molar-refractivity contribution in [2.24, 2.45) is 0 Å². The van der Waals surface area contributed by atoms with Gasteiger partial charge >= 0.3 is 0 Å². The fourth-order valence-electron chi connectivity index (χ4n) is 3.96. The molecule has 4 aromatic rings. The molecule has 0 fully saturated rings. The number of nitrogens with zero attached hydrogens (tertiary/aromatic N) is 2. The number of carbonyl (C=O) groups excluding carboxylic acids is 1. The van der Waals surface area contributed by atoms with E-state index in [1.165, 1.54) is 5.56 Å². The number of rotatable bonds is 12. The fourth-order valence-corrected chi connectivity index (χ4v) is 3.96. The molecule has 0 atom stereocenters. The molecule has 176 valence electrons. The summed E-state index contributed by atoms with van der Waals surface area (Å²) in [5.41, 5.74) is 3.26. The van der Waals surface area contributed by atoms with Crippen LogP contribution in [0.5, 0.6) is 11.5 Å². The minimum atomic E-state index is 0.0689. The molecular weight excluding hydrogens is 426 g/mol. The molecule has 0 radical (unpaired) electrons. The Morgan fingerprint density at radius 1 is 0.912 bits per heavy atom. The average Bonchev–Trinajstić information content (AvgIpc) is 3.23. The number of para-hydroxylation sites is 2. The molecule has 0 unspecified atom stereocenters. The molecule has 0 aliphatic rings. The van der Waals surface area contributed by atoms with Gasteiger partial charge in [0.25, 0.3) is 0 Å². The lowest BCUT2D eigenvalue weighted by Crippen LogP contribution is -2.26. The number of nitrogens with one attached hydrogen (secondary N) is 1. The number of amides is 1. The van der Waals surface area contributed by atoms with Gasteiger partial charge < -0.3 is 19.4 Å². The van der Waals surface area contributed by atoms with Crippen molar-refractivity contribution in [1.82, 2.24) is 14.9 Å². The lowest BCUT2D eigenvalue weighted by Gasteiger charge is -2.11. The van der Waals surface area contributed by atoms with E-state index in [1.807, 2.05) is 72.8 Å². The van der Waals surface area contributed by atoms with Gasteiger partial charge in [0, 0.05) is 25.9 Å². The van der Waals surface area contributed by atoms with E-state index in [0.717, 1.165) is 47.7 Å². The molecule has 3 aromatic carbocycles. The van der Waals surface area contributed by atoms with Gasteiger partial charge in [-0.2, -0.15) is 0 Å². The van der Waals surface area contributed by atoms with E-state index >= 15 is 0 Å². The van der Waals surface area contributed by atoms with Crippen molar-refractivity contribution < 1.29 is 14.3 Å². The number of benzene rings is 3. The zero-order chi connectivity index (χ0) is 23.6. The fraction of sp³-hybridized carbons (Fsp3) is 0.286. The van der Waals surface area contributed by atoms with Gasteiger partial charge in [0.15, 0.2) is 0 Å². The molecule has 0 aliphatic heterocycles. The van der Waals surface area contributed by atoms with Gasteiger partial charge in [0.05, 0.1) is 24.8 Å². The number of aryl methyl sites for hydroxylation is 2. The zero-order valence-electron chi connectivity index (χ0n) is 19.6. The van der Waals surface area contributed by atoms with Crippen LogP contribution in [0.2, 0.25) is 0 Å². The van der Waals surface area contributed by atoms with E-state index in [-0.39, 0.29) is 5.91 Å². The van der Waals surface area contributed by atoms with Crippen LogP contribution in [0.4, 0.5) is 0 Å². The highest BCUT2D eigenvalue weighted by Crippen LogP contribution is 2.19. The summed E-state index contributed by atoms with van der Waals surface area (Å²) < 4.78 is 13.3. The Hall–Kier alpha value is -3.80. The summed E-state index contributed by atoms with van der Waals surface area (Å²) in [6.45, 7) is 1.97. The largest absolute Gasteiger partial charge is 0.497 e. The number of hydrogen-bond acceptors (Lipinski definition) is 4. The Morgan fingerprint density at radius 2 is 1.65 bits per heavy atom. The molecule has 1 aromatic heterocycles. The molecule has 1 amide bonds. The summed E-state index contributed by atoms with van der Waals surface area (Å²) in [6.07, 6.45) is 2.77. The highest BCUT2D eigenvalue weighted by Gasteiger charge is 2.11. The number of aromatic nitrogens is 2. The maximum Gasteiger partial charge on any atom is 0.220 e. The summed E-state index contributed by atoms with van der Waals surface area (Å²) in [4.78, 5) is 17.1. The van der Waals surface area contributed by atoms with Crippen LogP contribution in [0.1, 0.15) is 24.2 Å². The van der Waals surface area contributed by atoms with Crippen LogP contribution in [0.25, 0.3) is 11.0 Å². The predicted molar refractivity (Wildman–Crippen MR) is 134 cm³/mol. The second kappa shape index (κ2) is 11.9. The SMILES string of the molecule is COc1ccc(OCCCn2c(CCNC(=O)CCc3ccccc3)nc3ccccc32)cc1. The van der Waals surface area contributed by atoms with E-state index in [0.29, 0.717) is 26.0 Å². The summed E-state index contributed by atoms with van der Waals surface area (Å²) in [5.74, 6) is 2.69. The first-order chi connectivity index (χ1) is 16.7. The van der Waals surface area contributed by atoms with Crippen LogP contribution in [-0.4, -0.2) is 35.7 Å². The summed E-state index contributed by atoms with van der Waals surface area (Å²) in [5, 5.41) is 3.04. The van der Waals surface area contributed by atoms with Crippen molar-refractivity contribution >= 4 is 16.9 Å². The molecule has 1 N–H and O–H groups in total. The topological polar surface area (TPSA) is 65.4 Å². The van der Waals surface area contributed by atoms with Crippen molar-refractivity contribution in [2.45, 2.75) is 32.2 Å². The van der Waals surface area contributed by atoms with Gasteiger partial charge in [0.2, 0.25) is 5.91 Å². The number of methoxy groups -OCH3 is 1. The molecule has 6 nitrogen and oxygen atoms in total. The first-order valence-corrected chi connectivity index (χ1v) is 11.7. The minimum Gasteiger partial charge on any atom is -0.497 e. The molecule has 0 bridgehead atoms. The molecule has 6 heteroatoms. The van der Waals surface area contributed by atoms with Gasteiger partial charge in [-0.1, -0.05) is 42.5 Å². The second-order valence-electron chi connectivity index (χ2n) is 8.13. The Kier molecular flexibility index (Phi) is 8.17. The third kappa shape index (κ3) is 6.38. The smallest absolute Gasteiger partial charge is 0.220 e. The summed E-state index contributed by atoms with van der Waals surface area (Å²) >= 11 is 0. The van der Waals surface area contributed by atoms with Gasteiger partial charge in [-0.05, 0) is 54.8 Å². The van der Waals surface area contributed by atoms with E-state index < -0.39 is 0 Å². The Balaban J connectivity index is 1.29. The Labute approximate surface area is 200 Å². The number of imidazole rings is 1. The van der Waals surface area contributed by atoms with Crippen LogP contribution in [0.15, 0.2) is 78.9 Å². The maximum absolute atomic E-state index is 12.3. The van der Waals surface area contributed by atoms with E-state index in [4.69, 9.17) is 14.5 Å². The normalized spacial score (nSPS) is 10.9. The van der Waals surface area contributed by atoms with Crippen LogP contribution in [0.3, 0.4) is 0 Å². The molecule has 0 aliphatic carbocycles. The number of carbonyl (C=O) groups is 1. The van der Waals surface area contributed by atoms with Crippen molar-refractivity contribution in [3.8, 4) is 11.5 Å². The molecule has 34 heavy (non-hydrogen) atoms. The first-order valence-electron chi connectivity index (χ1n) is 11.7. The number of fused-ring (bicyclic) bond motifs is 1. The molecule has 0 saturated carbocycles. The van der Waals surface area contributed by atoms with Crippen molar-refractivity contribution in [3.05, 3.63) is 90.3 Å². The molecule has 0 spiro atoms. The van der Waals surface area contributed by atoms with E-state index in [2.05, 4.69) is 16.0 Å². The van der Waals surface area contributed by atoms with Gasteiger partial charge in [-0.3, -0.25) is 4.79 Å². The highest BCUT2D eigenvalue weighted by atomic mass is 16.5. The van der Waals surface area contributed by atoms with Gasteiger partial charge in [0.1, 0.15) is 17.3 Å². The lowest BCUT2D eigenvalue weighted by molar-refractivity contribution is -0.121. The third-order valence-corrected chi connectivity index (χ3v) is 5.74. The Morgan fingerprint density at radius 3 is 2.44 bits per heavy atom. The second-order valence-corrected chi connectivity index (χ2v) is 8.13. The maximum atomic E-state index is 12.3. The van der Waals surface area contributed by atoms with E-state index in [9.17, 15) is 4.79 Å². The summed E-state index contributed by atoms with van der Waals surface area (Å²) in [6, 6.07) is 25.9. The number of hydrogen-bond donors (Lipinski definition) is 1. The van der Waals surface area contributed by atoms with Crippen LogP contribution >= 0.6 is 0 Å². The van der Waals surface area contributed by atoms with Crippen LogP contribution in [-0.2, 0) is 24.2 Å². The predicted octanol–water partition coefficient (Wildman–Crippen LogP) is 4.81. The summed E-state index contributed by atoms with van der Waals surface area (Å²) in [7, 11) is 1.65. The highest BCUT2D eigenvalue weighted by molar-refractivity contribution is 5.77. The van der Waals surface area contributed by atoms with Gasteiger partial charge in [-0.25, -0.2) is 4.98 Å². The standard InChI is InChI=1S/C28H31N3O3/c1-33-23-13-15-24(16-14-23)34-21-7-20-31-26-11-6-5-10-25(26)30-27(31)18-19-29-28(32)17-12-22-8-3-2-4-9-22/h2-6,8-11,13-16H,7,12,17-21H2,1H3,(H,29,32). The quantitative estimate of drug-likeness (QED) is 0.310. The van der Waals surface area contributed by atoms with E-state index in [1.54, 1.807) is 7.11 Å². The van der Waals surface area contributed by atoms with Crippen molar-refractivity contribution in [2.75, 3.05) is 20.3 Å². The minimum absolute atomic E-state index is 0.0689. The van der Waals surface area contributed by atoms with Gasteiger partial charge in [-0.15, -0.1) is 0 Å². The molecule has 1 heterocycles. The zero-order valence-corrected chi connectivity index (χ0v) is 19.6. The van der Waals surface area contributed by atoms with Crippen molar-refractivity contribution in [3.63, 3.8) is 0 Å². The third-order valence-electron chi connectivity index (χ3n) is 5.74. The molecule has 0 saturated heterocycles. The number of ether oxygens (including phenoxy) is 2. The molecular formula is C28H31N3O3. The van der Waals surface area contributed by atoms with Crippen LogP contribution in [0, 0.1) is 0 Å². The lowest BCUT2D eigenvalue weighted by atomic mass is 10.1. The van der Waals surface area contributed by atoms with Crippen LogP contribution < -0.4 is 14.8 Å². The van der Waals surface area contributed by atoms with Crippen molar-refractivity contribution in [1.29, 1.82) is 0 Å². The monoisotopic (exact) mass is 457 g/mol. The Bertz CT molecular complexity index is 1190. The average molecular weight is 458 g/mol. The first kappa shape index (κ1) is 23.4. The molecule has 4 rings (SSSR count).